The predicted octanol–water partition coefficient (Wildman–Crippen LogP) is 6.70. The van der Waals surface area contributed by atoms with Gasteiger partial charge in [-0.25, -0.2) is 4.79 Å². The number of nitrogens with one attached hydrogen (secondary N) is 2. The molecule has 5 aromatic rings. The number of amides is 1. The van der Waals surface area contributed by atoms with Gasteiger partial charge in [0.1, 0.15) is 5.58 Å². The molecule has 0 aliphatic carbocycles. The summed E-state index contributed by atoms with van der Waals surface area (Å²) in [5.74, 6) is -0.348. The van der Waals surface area contributed by atoms with Gasteiger partial charge in [0.15, 0.2) is 5.11 Å². The number of hydrogen-bond donors (Lipinski definition) is 2. The summed E-state index contributed by atoms with van der Waals surface area (Å²) < 4.78 is 5.48. The smallest absolute Gasteiger partial charge is 0.344 e. The molecule has 0 spiro atoms. The van der Waals surface area contributed by atoms with Crippen molar-refractivity contribution in [3.8, 4) is 11.1 Å². The highest BCUT2D eigenvalue weighted by Gasteiger charge is 2.14. The Bertz CT molecular complexity index is 1690. The van der Waals surface area contributed by atoms with Crippen LogP contribution in [0.1, 0.15) is 15.9 Å². The highest BCUT2D eigenvalue weighted by atomic mass is 35.5. The van der Waals surface area contributed by atoms with Gasteiger partial charge in [0.05, 0.1) is 5.56 Å². The lowest BCUT2D eigenvalue weighted by molar-refractivity contribution is 0.0979. The van der Waals surface area contributed by atoms with Crippen LogP contribution < -0.4 is 16.3 Å². The first-order valence-electron chi connectivity index (χ1n) is 10.8. The molecule has 4 aromatic carbocycles. The van der Waals surface area contributed by atoms with E-state index in [1.54, 1.807) is 36.4 Å². The van der Waals surface area contributed by atoms with Gasteiger partial charge in [-0.15, -0.1) is 0 Å². The Morgan fingerprint density at radius 3 is 2.54 bits per heavy atom. The first kappa shape index (κ1) is 22.8. The number of benzene rings is 4. The fourth-order valence-corrected chi connectivity index (χ4v) is 4.42. The minimum atomic E-state index is -0.427. The number of carbonyl (C=O) groups excluding carboxylic acids is 1. The topological polar surface area (TPSA) is 71.3 Å². The van der Waals surface area contributed by atoms with Gasteiger partial charge in [0, 0.05) is 27.0 Å². The molecule has 0 unspecified atom stereocenters. The SMILES string of the molecule is Cc1ccc(-c2cc3ccccc3oc2=O)cc1NC(=S)NC(=O)c1cccc2c(Cl)cccc12. The molecule has 1 heterocycles. The summed E-state index contributed by atoms with van der Waals surface area (Å²) in [5.41, 5.74) is 3.25. The lowest BCUT2D eigenvalue weighted by Crippen LogP contribution is -2.34. The normalized spacial score (nSPS) is 10.9. The van der Waals surface area contributed by atoms with E-state index in [4.69, 9.17) is 28.2 Å². The van der Waals surface area contributed by atoms with Crippen molar-refractivity contribution >= 4 is 62.3 Å². The highest BCUT2D eigenvalue weighted by molar-refractivity contribution is 7.80. The molecule has 0 radical (unpaired) electrons. The second-order valence-corrected chi connectivity index (χ2v) is 8.88. The molecule has 7 heteroatoms. The molecule has 0 aliphatic heterocycles. The van der Waals surface area contributed by atoms with Crippen LogP contribution >= 0.6 is 23.8 Å². The number of aryl methyl sites for hydroxylation is 1. The number of halogens is 1. The van der Waals surface area contributed by atoms with Crippen molar-refractivity contribution in [1.82, 2.24) is 5.32 Å². The largest absolute Gasteiger partial charge is 0.422 e. The lowest BCUT2D eigenvalue weighted by atomic mass is 10.0. The molecule has 1 amide bonds. The van der Waals surface area contributed by atoms with E-state index in [-0.39, 0.29) is 11.0 Å². The summed E-state index contributed by atoms with van der Waals surface area (Å²) >= 11 is 11.7. The molecule has 5 rings (SSSR count). The van der Waals surface area contributed by atoms with Crippen molar-refractivity contribution in [1.29, 1.82) is 0 Å². The molecule has 0 saturated heterocycles. The van der Waals surface area contributed by atoms with E-state index >= 15 is 0 Å². The number of fused-ring (bicyclic) bond motifs is 2. The van der Waals surface area contributed by atoms with Gasteiger partial charge < -0.3 is 9.73 Å². The average molecular weight is 499 g/mol. The molecule has 1 aromatic heterocycles. The summed E-state index contributed by atoms with van der Waals surface area (Å²) in [7, 11) is 0. The summed E-state index contributed by atoms with van der Waals surface area (Å²) in [6.45, 7) is 1.91. The van der Waals surface area contributed by atoms with Crippen LogP contribution in [-0.4, -0.2) is 11.0 Å². The van der Waals surface area contributed by atoms with Crippen molar-refractivity contribution in [3.63, 3.8) is 0 Å². The van der Waals surface area contributed by atoms with Crippen molar-refractivity contribution in [2.75, 3.05) is 5.32 Å². The fourth-order valence-electron chi connectivity index (χ4n) is 3.98. The molecule has 0 atom stereocenters. The molecular weight excluding hydrogens is 480 g/mol. The molecule has 0 fully saturated rings. The zero-order chi connectivity index (χ0) is 24.5. The van der Waals surface area contributed by atoms with Crippen LogP contribution in [0.5, 0.6) is 0 Å². The van der Waals surface area contributed by atoms with Gasteiger partial charge in [-0.1, -0.05) is 66.2 Å². The van der Waals surface area contributed by atoms with Gasteiger partial charge in [0.2, 0.25) is 0 Å². The third-order valence-electron chi connectivity index (χ3n) is 5.78. The van der Waals surface area contributed by atoms with E-state index in [1.165, 1.54) is 0 Å². The molecule has 35 heavy (non-hydrogen) atoms. The van der Waals surface area contributed by atoms with Crippen molar-refractivity contribution in [2.45, 2.75) is 6.92 Å². The van der Waals surface area contributed by atoms with Gasteiger partial charge in [-0.2, -0.15) is 0 Å². The van der Waals surface area contributed by atoms with Crippen LogP contribution in [0.3, 0.4) is 0 Å². The third-order valence-corrected chi connectivity index (χ3v) is 6.31. The summed E-state index contributed by atoms with van der Waals surface area (Å²) in [4.78, 5) is 25.6. The number of anilines is 1. The van der Waals surface area contributed by atoms with E-state index in [9.17, 15) is 9.59 Å². The van der Waals surface area contributed by atoms with Crippen LogP contribution in [0.15, 0.2) is 94.1 Å². The second kappa shape index (κ2) is 9.33. The maximum absolute atomic E-state index is 13.0. The second-order valence-electron chi connectivity index (χ2n) is 8.06. The molecule has 0 saturated carbocycles. The standard InChI is InChI=1S/C28H19ClN2O3S/c1-16-12-13-17(22-14-18-6-2-3-11-25(18)34-27(22)33)15-24(16)30-28(35)31-26(32)21-9-4-8-20-19(21)7-5-10-23(20)29/h2-15H,1H3,(H2,30,31,32,35). The van der Waals surface area contributed by atoms with E-state index < -0.39 is 5.63 Å². The Morgan fingerprint density at radius 2 is 1.69 bits per heavy atom. The van der Waals surface area contributed by atoms with Crippen LogP contribution in [0.25, 0.3) is 32.9 Å². The summed E-state index contributed by atoms with van der Waals surface area (Å²) in [6, 6.07) is 25.5. The van der Waals surface area contributed by atoms with Crippen LogP contribution in [-0.2, 0) is 0 Å². The number of hydrogen-bond acceptors (Lipinski definition) is 4. The zero-order valence-corrected chi connectivity index (χ0v) is 20.2. The molecular formula is C28H19ClN2O3S. The van der Waals surface area contributed by atoms with Gasteiger partial charge in [-0.05, 0) is 66.0 Å². The molecule has 172 valence electrons. The molecule has 2 N–H and O–H groups in total. The van der Waals surface area contributed by atoms with Crippen LogP contribution in [0.2, 0.25) is 5.02 Å². The minimum absolute atomic E-state index is 0.139. The Morgan fingerprint density at radius 1 is 0.914 bits per heavy atom. The number of rotatable bonds is 3. The molecule has 5 nitrogen and oxygen atoms in total. The Balaban J connectivity index is 1.40. The van der Waals surface area contributed by atoms with Crippen LogP contribution in [0.4, 0.5) is 5.69 Å². The minimum Gasteiger partial charge on any atom is -0.422 e. The van der Waals surface area contributed by atoms with Gasteiger partial charge in [0.25, 0.3) is 5.91 Å². The highest BCUT2D eigenvalue weighted by Crippen LogP contribution is 2.27. The van der Waals surface area contributed by atoms with Crippen molar-refractivity contribution in [2.24, 2.45) is 0 Å². The Kier molecular flexibility index (Phi) is 6.07. The maximum Gasteiger partial charge on any atom is 0.344 e. The van der Waals surface area contributed by atoms with E-state index in [1.807, 2.05) is 55.5 Å². The average Bonchev–Trinajstić information content (AvgIpc) is 2.85. The zero-order valence-electron chi connectivity index (χ0n) is 18.6. The maximum atomic E-state index is 13.0. The number of para-hydroxylation sites is 1. The summed E-state index contributed by atoms with van der Waals surface area (Å²) in [5, 5.41) is 8.88. The predicted molar refractivity (Wildman–Crippen MR) is 145 cm³/mol. The molecule has 0 bridgehead atoms. The van der Waals surface area contributed by atoms with E-state index in [0.717, 1.165) is 21.7 Å². The van der Waals surface area contributed by atoms with E-state index in [2.05, 4.69) is 10.6 Å². The quantitative estimate of drug-likeness (QED) is 0.214. The van der Waals surface area contributed by atoms with Crippen molar-refractivity contribution < 1.29 is 9.21 Å². The monoisotopic (exact) mass is 498 g/mol. The van der Waals surface area contributed by atoms with E-state index in [0.29, 0.717) is 33.0 Å². The Hall–Kier alpha value is -4.00. The lowest BCUT2D eigenvalue weighted by Gasteiger charge is -2.14. The molecule has 0 aliphatic rings. The first-order valence-corrected chi connectivity index (χ1v) is 11.6. The van der Waals surface area contributed by atoms with Gasteiger partial charge in [-0.3, -0.25) is 10.1 Å². The first-order chi connectivity index (χ1) is 16.9. The number of thiocarbonyl (C=S) groups is 1. The number of carbonyl (C=O) groups is 1. The third kappa shape index (κ3) is 4.54. The Labute approximate surface area is 211 Å². The van der Waals surface area contributed by atoms with Gasteiger partial charge >= 0.3 is 5.63 Å². The summed E-state index contributed by atoms with van der Waals surface area (Å²) in [6.07, 6.45) is 0. The fraction of sp³-hybridized carbons (Fsp3) is 0.0357. The van der Waals surface area contributed by atoms with Crippen molar-refractivity contribution in [3.05, 3.63) is 111 Å². The van der Waals surface area contributed by atoms with Crippen LogP contribution in [0, 0.1) is 6.92 Å².